The Morgan fingerprint density at radius 3 is 2.65 bits per heavy atom. The molecule has 1 N–H and O–H groups in total. The van der Waals surface area contributed by atoms with Crippen molar-refractivity contribution in [2.75, 3.05) is 11.8 Å². The zero-order valence-corrected chi connectivity index (χ0v) is 12.1. The van der Waals surface area contributed by atoms with Crippen LogP contribution in [-0.4, -0.2) is 20.5 Å². The number of benzene rings is 1. The van der Waals surface area contributed by atoms with E-state index >= 15 is 0 Å². The van der Waals surface area contributed by atoms with E-state index in [0.717, 1.165) is 11.1 Å². The van der Waals surface area contributed by atoms with Crippen LogP contribution in [0.25, 0.3) is 0 Å². The number of rotatable bonds is 5. The maximum absolute atomic E-state index is 12.1. The number of anilines is 1. The van der Waals surface area contributed by atoms with Crippen LogP contribution >= 0.6 is 0 Å². The van der Waals surface area contributed by atoms with Crippen LogP contribution in [0.15, 0.2) is 42.6 Å². The normalized spacial score (nSPS) is 11.1. The molecule has 2 aromatic rings. The van der Waals surface area contributed by atoms with Crippen LogP contribution in [0.1, 0.15) is 11.1 Å². The van der Waals surface area contributed by atoms with Crippen LogP contribution in [0, 0.1) is 6.92 Å². The molecule has 1 aromatic heterocycles. The molecule has 106 valence electrons. The fourth-order valence-corrected chi connectivity index (χ4v) is 2.97. The minimum Gasteiger partial charge on any atom is -0.481 e. The summed E-state index contributed by atoms with van der Waals surface area (Å²) in [6.45, 7) is 1.93. The molecule has 0 atom stereocenters. The predicted molar refractivity (Wildman–Crippen MR) is 78.2 cm³/mol. The Morgan fingerprint density at radius 2 is 2.05 bits per heavy atom. The van der Waals surface area contributed by atoms with Gasteiger partial charge in [-0.15, -0.1) is 0 Å². The second-order valence-corrected chi connectivity index (χ2v) is 6.16. The first kappa shape index (κ1) is 14.3. The smallest absolute Gasteiger partial charge is 0.236 e. The van der Waals surface area contributed by atoms with Gasteiger partial charge in [0, 0.05) is 6.07 Å². The summed E-state index contributed by atoms with van der Waals surface area (Å²) in [5.74, 6) is 0.368. The van der Waals surface area contributed by atoms with Crippen molar-refractivity contribution in [2.45, 2.75) is 12.7 Å². The lowest BCUT2D eigenvalue weighted by molar-refractivity contribution is 0.398. The topological polar surface area (TPSA) is 68.3 Å². The summed E-state index contributed by atoms with van der Waals surface area (Å²) >= 11 is 0. The van der Waals surface area contributed by atoms with E-state index in [1.807, 2.05) is 25.1 Å². The largest absolute Gasteiger partial charge is 0.481 e. The van der Waals surface area contributed by atoms with Crippen molar-refractivity contribution in [3.63, 3.8) is 0 Å². The zero-order valence-electron chi connectivity index (χ0n) is 11.3. The van der Waals surface area contributed by atoms with Crippen molar-refractivity contribution < 1.29 is 13.2 Å². The van der Waals surface area contributed by atoms with E-state index in [2.05, 4.69) is 9.71 Å². The lowest BCUT2D eigenvalue weighted by Crippen LogP contribution is -2.15. The summed E-state index contributed by atoms with van der Waals surface area (Å²) in [5.41, 5.74) is 2.20. The van der Waals surface area contributed by atoms with E-state index in [0.29, 0.717) is 11.6 Å². The lowest BCUT2D eigenvalue weighted by Gasteiger charge is -2.08. The van der Waals surface area contributed by atoms with Crippen molar-refractivity contribution in [1.29, 1.82) is 0 Å². The van der Waals surface area contributed by atoms with Crippen LogP contribution in [0.4, 0.5) is 5.69 Å². The highest BCUT2D eigenvalue weighted by Crippen LogP contribution is 2.15. The molecule has 0 bridgehead atoms. The summed E-state index contributed by atoms with van der Waals surface area (Å²) in [6.07, 6.45) is 1.42. The fraction of sp³-hybridized carbons (Fsp3) is 0.214. The lowest BCUT2D eigenvalue weighted by atomic mass is 10.2. The van der Waals surface area contributed by atoms with Crippen LogP contribution < -0.4 is 9.46 Å². The SMILES string of the molecule is COc1ccc(NS(=O)(=O)Cc2cccc(C)c2)cn1. The van der Waals surface area contributed by atoms with Crippen LogP contribution in [0.3, 0.4) is 0 Å². The van der Waals surface area contributed by atoms with Gasteiger partial charge in [-0.3, -0.25) is 4.72 Å². The third-order valence-electron chi connectivity index (χ3n) is 2.66. The van der Waals surface area contributed by atoms with Crippen LogP contribution in [-0.2, 0) is 15.8 Å². The molecule has 5 nitrogen and oxygen atoms in total. The fourth-order valence-electron chi connectivity index (χ4n) is 1.80. The molecule has 0 radical (unpaired) electrons. The number of aryl methyl sites for hydroxylation is 1. The molecule has 1 heterocycles. The first-order valence-electron chi connectivity index (χ1n) is 6.04. The second-order valence-electron chi connectivity index (χ2n) is 4.44. The van der Waals surface area contributed by atoms with Gasteiger partial charge in [0.05, 0.1) is 24.7 Å². The van der Waals surface area contributed by atoms with E-state index in [-0.39, 0.29) is 5.75 Å². The second kappa shape index (κ2) is 5.92. The number of pyridine rings is 1. The Balaban J connectivity index is 2.10. The standard InChI is InChI=1S/C14H16N2O3S/c1-11-4-3-5-12(8-11)10-20(17,18)16-13-6-7-14(19-2)15-9-13/h3-9,16H,10H2,1-2H3. The molecule has 6 heteroatoms. The van der Waals surface area contributed by atoms with Gasteiger partial charge in [-0.2, -0.15) is 0 Å². The zero-order chi connectivity index (χ0) is 14.6. The maximum atomic E-state index is 12.1. The molecule has 0 spiro atoms. The Morgan fingerprint density at radius 1 is 1.25 bits per heavy atom. The molecule has 2 rings (SSSR count). The first-order valence-corrected chi connectivity index (χ1v) is 7.70. The molecule has 20 heavy (non-hydrogen) atoms. The van der Waals surface area contributed by atoms with Gasteiger partial charge >= 0.3 is 0 Å². The van der Waals surface area contributed by atoms with Gasteiger partial charge < -0.3 is 4.74 Å². The number of sulfonamides is 1. The third-order valence-corrected chi connectivity index (χ3v) is 3.92. The average Bonchev–Trinajstić information content (AvgIpc) is 2.38. The van der Waals surface area contributed by atoms with E-state index in [1.54, 1.807) is 18.2 Å². The monoisotopic (exact) mass is 292 g/mol. The highest BCUT2D eigenvalue weighted by Gasteiger charge is 2.12. The number of methoxy groups -OCH3 is 1. The highest BCUT2D eigenvalue weighted by atomic mass is 32.2. The van der Waals surface area contributed by atoms with Crippen molar-refractivity contribution in [3.8, 4) is 5.88 Å². The molecule has 1 aromatic carbocycles. The summed E-state index contributed by atoms with van der Waals surface area (Å²) in [4.78, 5) is 3.95. The number of hydrogen-bond donors (Lipinski definition) is 1. The van der Waals surface area contributed by atoms with Gasteiger partial charge in [-0.25, -0.2) is 13.4 Å². The number of nitrogens with zero attached hydrogens (tertiary/aromatic N) is 1. The van der Waals surface area contributed by atoms with Gasteiger partial charge in [0.2, 0.25) is 15.9 Å². The van der Waals surface area contributed by atoms with E-state index in [9.17, 15) is 8.42 Å². The Hall–Kier alpha value is -2.08. The summed E-state index contributed by atoms with van der Waals surface area (Å²) in [6, 6.07) is 10.6. The highest BCUT2D eigenvalue weighted by molar-refractivity contribution is 7.91. The van der Waals surface area contributed by atoms with Crippen molar-refractivity contribution in [2.24, 2.45) is 0 Å². The van der Waals surface area contributed by atoms with Crippen molar-refractivity contribution in [3.05, 3.63) is 53.7 Å². The third kappa shape index (κ3) is 3.96. The summed E-state index contributed by atoms with van der Waals surface area (Å²) in [7, 11) is -1.95. The van der Waals surface area contributed by atoms with E-state index in [1.165, 1.54) is 13.3 Å². The van der Waals surface area contributed by atoms with E-state index < -0.39 is 10.0 Å². The quantitative estimate of drug-likeness (QED) is 0.918. The van der Waals surface area contributed by atoms with Gasteiger partial charge in [0.1, 0.15) is 0 Å². The first-order chi connectivity index (χ1) is 9.48. The minimum atomic E-state index is -3.45. The molecule has 0 aliphatic rings. The summed E-state index contributed by atoms with van der Waals surface area (Å²) in [5, 5.41) is 0. The van der Waals surface area contributed by atoms with Gasteiger partial charge in [0.25, 0.3) is 0 Å². The number of ether oxygens (including phenoxy) is 1. The molecule has 0 aliphatic heterocycles. The van der Waals surface area contributed by atoms with E-state index in [4.69, 9.17) is 4.74 Å². The Labute approximate surface area is 118 Å². The number of hydrogen-bond acceptors (Lipinski definition) is 4. The number of aromatic nitrogens is 1. The molecule has 0 saturated carbocycles. The van der Waals surface area contributed by atoms with Crippen LogP contribution in [0.5, 0.6) is 5.88 Å². The summed E-state index contributed by atoms with van der Waals surface area (Å²) < 4.78 is 31.5. The molecule has 0 unspecified atom stereocenters. The van der Waals surface area contributed by atoms with Gasteiger partial charge in [-0.05, 0) is 18.6 Å². The van der Waals surface area contributed by atoms with Crippen molar-refractivity contribution in [1.82, 2.24) is 4.98 Å². The minimum absolute atomic E-state index is 0.0687. The molecule has 0 amide bonds. The maximum Gasteiger partial charge on any atom is 0.236 e. The predicted octanol–water partition coefficient (Wildman–Crippen LogP) is 2.34. The molecular formula is C14H16N2O3S. The molecule has 0 fully saturated rings. The number of nitrogens with one attached hydrogen (secondary N) is 1. The average molecular weight is 292 g/mol. The van der Waals surface area contributed by atoms with Gasteiger partial charge in [-0.1, -0.05) is 29.8 Å². The molecule has 0 saturated heterocycles. The molecule has 0 aliphatic carbocycles. The Bertz CT molecular complexity index is 682. The molecular weight excluding hydrogens is 276 g/mol. The van der Waals surface area contributed by atoms with Crippen LogP contribution in [0.2, 0.25) is 0 Å². The van der Waals surface area contributed by atoms with Gasteiger partial charge in [0.15, 0.2) is 0 Å². The van der Waals surface area contributed by atoms with Crippen molar-refractivity contribution >= 4 is 15.7 Å². The Kier molecular flexibility index (Phi) is 4.24.